The van der Waals surface area contributed by atoms with Crippen LogP contribution in [0.5, 0.6) is 0 Å². The van der Waals surface area contributed by atoms with Crippen molar-refractivity contribution in [3.05, 3.63) is 0 Å². The molecule has 88 valence electrons. The summed E-state index contributed by atoms with van der Waals surface area (Å²) in [6.07, 6.45) is 5.75. The fourth-order valence-electron chi connectivity index (χ4n) is 1.99. The molecule has 0 heterocycles. The average Bonchev–Trinajstić information content (AvgIpc) is 2.22. The van der Waals surface area contributed by atoms with Gasteiger partial charge in [-0.2, -0.15) is 0 Å². The number of nitrogens with one attached hydrogen (secondary N) is 1. The predicted octanol–water partition coefficient (Wildman–Crippen LogP) is 0.799. The van der Waals surface area contributed by atoms with E-state index < -0.39 is 0 Å². The molecule has 1 aliphatic rings. The molecule has 15 heavy (non-hydrogen) atoms. The Kier molecular flexibility index (Phi) is 5.65. The third-order valence-electron chi connectivity index (χ3n) is 2.92. The van der Waals surface area contributed by atoms with Gasteiger partial charge in [0.05, 0.1) is 0 Å². The number of methoxy groups -OCH3 is 1. The standard InChI is InChI=1S/C11H22N2O2/c1-15-8-4-7-11(14)13-10-6-3-2-5-9(10)12/h9-10H,2-8,12H2,1H3,(H,13,14). The van der Waals surface area contributed by atoms with Gasteiger partial charge in [-0.1, -0.05) is 12.8 Å². The van der Waals surface area contributed by atoms with Gasteiger partial charge in [0.25, 0.3) is 0 Å². The smallest absolute Gasteiger partial charge is 0.220 e. The number of carbonyl (C=O) groups excluding carboxylic acids is 1. The second kappa shape index (κ2) is 6.80. The molecule has 0 aromatic carbocycles. The van der Waals surface area contributed by atoms with E-state index in [9.17, 15) is 4.79 Å². The summed E-state index contributed by atoms with van der Waals surface area (Å²) in [4.78, 5) is 11.5. The zero-order chi connectivity index (χ0) is 11.1. The lowest BCUT2D eigenvalue weighted by atomic mass is 9.91. The van der Waals surface area contributed by atoms with Crippen LogP contribution in [0.25, 0.3) is 0 Å². The van der Waals surface area contributed by atoms with Crippen molar-refractivity contribution in [3.63, 3.8) is 0 Å². The van der Waals surface area contributed by atoms with Gasteiger partial charge in [0.2, 0.25) is 5.91 Å². The van der Waals surface area contributed by atoms with Gasteiger partial charge in [-0.15, -0.1) is 0 Å². The van der Waals surface area contributed by atoms with Crippen LogP contribution in [0.3, 0.4) is 0 Å². The van der Waals surface area contributed by atoms with Crippen LogP contribution in [0, 0.1) is 0 Å². The van der Waals surface area contributed by atoms with Crippen LogP contribution >= 0.6 is 0 Å². The van der Waals surface area contributed by atoms with Crippen LogP contribution in [0.15, 0.2) is 0 Å². The van der Waals surface area contributed by atoms with Crippen molar-refractivity contribution in [1.82, 2.24) is 5.32 Å². The van der Waals surface area contributed by atoms with Crippen LogP contribution in [-0.4, -0.2) is 31.7 Å². The van der Waals surface area contributed by atoms with Crippen molar-refractivity contribution in [2.45, 2.75) is 50.6 Å². The van der Waals surface area contributed by atoms with Gasteiger partial charge in [0.1, 0.15) is 0 Å². The molecule has 0 bridgehead atoms. The van der Waals surface area contributed by atoms with Crippen molar-refractivity contribution in [3.8, 4) is 0 Å². The quantitative estimate of drug-likeness (QED) is 0.665. The minimum absolute atomic E-state index is 0.106. The summed E-state index contributed by atoms with van der Waals surface area (Å²) in [5.41, 5.74) is 5.94. The maximum Gasteiger partial charge on any atom is 0.220 e. The Morgan fingerprint density at radius 1 is 1.47 bits per heavy atom. The Labute approximate surface area is 91.5 Å². The van der Waals surface area contributed by atoms with E-state index in [0.717, 1.165) is 19.3 Å². The molecule has 3 N–H and O–H groups in total. The zero-order valence-electron chi connectivity index (χ0n) is 9.50. The lowest BCUT2D eigenvalue weighted by molar-refractivity contribution is -0.122. The average molecular weight is 214 g/mol. The maximum atomic E-state index is 11.5. The summed E-state index contributed by atoms with van der Waals surface area (Å²) in [6.45, 7) is 0.643. The fourth-order valence-corrected chi connectivity index (χ4v) is 1.99. The number of ether oxygens (including phenoxy) is 1. The largest absolute Gasteiger partial charge is 0.385 e. The lowest BCUT2D eigenvalue weighted by Gasteiger charge is -2.29. The van der Waals surface area contributed by atoms with E-state index in [-0.39, 0.29) is 18.0 Å². The molecule has 4 nitrogen and oxygen atoms in total. The monoisotopic (exact) mass is 214 g/mol. The molecule has 1 aliphatic carbocycles. The van der Waals surface area contributed by atoms with Gasteiger partial charge in [0.15, 0.2) is 0 Å². The summed E-state index contributed by atoms with van der Waals surface area (Å²) in [6, 6.07) is 0.332. The molecule has 0 radical (unpaired) electrons. The first-order chi connectivity index (χ1) is 7.24. The highest BCUT2D eigenvalue weighted by atomic mass is 16.5. The molecule has 1 fully saturated rings. The van der Waals surface area contributed by atoms with Crippen molar-refractivity contribution < 1.29 is 9.53 Å². The third-order valence-corrected chi connectivity index (χ3v) is 2.92. The topological polar surface area (TPSA) is 64.3 Å². The van der Waals surface area contributed by atoms with Crippen LogP contribution < -0.4 is 11.1 Å². The second-order valence-corrected chi connectivity index (χ2v) is 4.22. The zero-order valence-corrected chi connectivity index (χ0v) is 9.50. The fraction of sp³-hybridized carbons (Fsp3) is 0.909. The molecule has 2 atom stereocenters. The van der Waals surface area contributed by atoms with Gasteiger partial charge in [0, 0.05) is 32.2 Å². The Bertz CT molecular complexity index is 197. The van der Waals surface area contributed by atoms with E-state index >= 15 is 0 Å². The summed E-state index contributed by atoms with van der Waals surface area (Å²) in [5, 5.41) is 3.01. The van der Waals surface area contributed by atoms with Crippen LogP contribution in [0.2, 0.25) is 0 Å². The Hall–Kier alpha value is -0.610. The summed E-state index contributed by atoms with van der Waals surface area (Å²) >= 11 is 0. The minimum Gasteiger partial charge on any atom is -0.385 e. The molecule has 0 aromatic rings. The molecule has 4 heteroatoms. The molecule has 1 rings (SSSR count). The number of carbonyl (C=O) groups is 1. The molecular formula is C11H22N2O2. The van der Waals surface area contributed by atoms with E-state index in [1.54, 1.807) is 7.11 Å². The first-order valence-electron chi connectivity index (χ1n) is 5.78. The number of rotatable bonds is 5. The van der Waals surface area contributed by atoms with E-state index in [1.165, 1.54) is 12.8 Å². The Balaban J connectivity index is 2.18. The molecule has 1 amide bonds. The van der Waals surface area contributed by atoms with Gasteiger partial charge < -0.3 is 15.8 Å². The maximum absolute atomic E-state index is 11.5. The summed E-state index contributed by atoms with van der Waals surface area (Å²) < 4.78 is 4.90. The highest BCUT2D eigenvalue weighted by Crippen LogP contribution is 2.16. The summed E-state index contributed by atoms with van der Waals surface area (Å²) in [5.74, 6) is 0.106. The first-order valence-corrected chi connectivity index (χ1v) is 5.78. The number of amides is 1. The summed E-state index contributed by atoms with van der Waals surface area (Å²) in [7, 11) is 1.65. The van der Waals surface area contributed by atoms with Gasteiger partial charge in [-0.25, -0.2) is 0 Å². The molecule has 0 aromatic heterocycles. The van der Waals surface area contributed by atoms with Crippen LogP contribution in [0.1, 0.15) is 38.5 Å². The molecule has 0 spiro atoms. The Morgan fingerprint density at radius 3 is 2.87 bits per heavy atom. The Morgan fingerprint density at radius 2 is 2.20 bits per heavy atom. The van der Waals surface area contributed by atoms with Gasteiger partial charge in [-0.05, 0) is 19.3 Å². The minimum atomic E-state index is 0.106. The number of nitrogens with two attached hydrogens (primary N) is 1. The van der Waals surface area contributed by atoms with Crippen molar-refractivity contribution in [1.29, 1.82) is 0 Å². The lowest BCUT2D eigenvalue weighted by Crippen LogP contribution is -2.49. The van der Waals surface area contributed by atoms with Crippen molar-refractivity contribution in [2.75, 3.05) is 13.7 Å². The molecule has 0 saturated heterocycles. The van der Waals surface area contributed by atoms with Gasteiger partial charge >= 0.3 is 0 Å². The van der Waals surface area contributed by atoms with Crippen molar-refractivity contribution >= 4 is 5.91 Å². The third kappa shape index (κ3) is 4.62. The van der Waals surface area contributed by atoms with E-state index in [1.807, 2.05) is 0 Å². The highest BCUT2D eigenvalue weighted by Gasteiger charge is 2.22. The SMILES string of the molecule is COCCCC(=O)NC1CCCCC1N. The van der Waals surface area contributed by atoms with E-state index in [0.29, 0.717) is 13.0 Å². The van der Waals surface area contributed by atoms with Crippen LogP contribution in [0.4, 0.5) is 0 Å². The van der Waals surface area contributed by atoms with Gasteiger partial charge in [-0.3, -0.25) is 4.79 Å². The van der Waals surface area contributed by atoms with E-state index in [4.69, 9.17) is 10.5 Å². The number of hydrogen-bond donors (Lipinski definition) is 2. The highest BCUT2D eigenvalue weighted by molar-refractivity contribution is 5.76. The molecule has 1 saturated carbocycles. The molecule has 2 unspecified atom stereocenters. The van der Waals surface area contributed by atoms with E-state index in [2.05, 4.69) is 5.32 Å². The molecular weight excluding hydrogens is 192 g/mol. The predicted molar refractivity (Wildman–Crippen MR) is 59.5 cm³/mol. The second-order valence-electron chi connectivity index (χ2n) is 4.22. The van der Waals surface area contributed by atoms with Crippen molar-refractivity contribution in [2.24, 2.45) is 5.73 Å². The molecule has 0 aliphatic heterocycles. The van der Waals surface area contributed by atoms with Crippen LogP contribution in [-0.2, 0) is 9.53 Å². The number of hydrogen-bond acceptors (Lipinski definition) is 3. The normalized spacial score (nSPS) is 26.3. The first kappa shape index (κ1) is 12.5.